The average molecular weight is 377 g/mol. The van der Waals surface area contributed by atoms with Crippen molar-refractivity contribution in [3.63, 3.8) is 0 Å². The molecule has 1 aliphatic rings. The van der Waals surface area contributed by atoms with Crippen LogP contribution in [0.2, 0.25) is 0 Å². The third-order valence-corrected chi connectivity index (χ3v) is 5.18. The molecule has 0 bridgehead atoms. The van der Waals surface area contributed by atoms with Crippen LogP contribution in [-0.4, -0.2) is 52.2 Å². The van der Waals surface area contributed by atoms with Gasteiger partial charge in [0.1, 0.15) is 0 Å². The van der Waals surface area contributed by atoms with Crippen LogP contribution in [0.3, 0.4) is 0 Å². The maximum Gasteiger partial charge on any atom is 0.180 e. The first kappa shape index (κ1) is 18.6. The van der Waals surface area contributed by atoms with E-state index in [4.69, 9.17) is 0 Å². The van der Waals surface area contributed by atoms with Gasteiger partial charge in [-0.2, -0.15) is 0 Å². The van der Waals surface area contributed by atoms with Crippen molar-refractivity contribution in [2.45, 2.75) is 25.7 Å². The number of rotatable bonds is 9. The Bertz CT molecular complexity index is 957. The van der Waals surface area contributed by atoms with Gasteiger partial charge in [0.25, 0.3) is 0 Å². The summed E-state index contributed by atoms with van der Waals surface area (Å²) >= 11 is 0. The van der Waals surface area contributed by atoms with Crippen LogP contribution in [0.5, 0.6) is 0 Å². The first-order valence-corrected chi connectivity index (χ1v) is 9.96. The Hall–Kier alpha value is -2.73. The van der Waals surface area contributed by atoms with Crippen molar-refractivity contribution in [2.24, 2.45) is 5.92 Å². The van der Waals surface area contributed by atoms with Gasteiger partial charge in [0.15, 0.2) is 17.2 Å². The third-order valence-electron chi connectivity index (χ3n) is 5.18. The Balaban J connectivity index is 1.51. The molecule has 2 heterocycles. The van der Waals surface area contributed by atoms with Crippen LogP contribution in [0, 0.1) is 5.92 Å². The zero-order valence-corrected chi connectivity index (χ0v) is 16.6. The number of nitrogens with one attached hydrogen (secondary N) is 1. The summed E-state index contributed by atoms with van der Waals surface area (Å²) in [4.78, 5) is 23.5. The molecular weight excluding hydrogens is 350 g/mol. The molecule has 6 nitrogen and oxygen atoms in total. The molecule has 146 valence electrons. The van der Waals surface area contributed by atoms with Gasteiger partial charge in [0, 0.05) is 36.5 Å². The predicted molar refractivity (Wildman–Crippen MR) is 112 cm³/mol. The fourth-order valence-electron chi connectivity index (χ4n) is 3.39. The zero-order chi connectivity index (χ0) is 19.5. The van der Waals surface area contributed by atoms with Crippen LogP contribution in [0.15, 0.2) is 42.9 Å². The monoisotopic (exact) mass is 377 g/mol. The molecule has 0 spiro atoms. The lowest BCUT2D eigenvalue weighted by Crippen LogP contribution is -2.16. The molecule has 0 unspecified atom stereocenters. The van der Waals surface area contributed by atoms with Crippen molar-refractivity contribution < 1.29 is 4.79 Å². The number of carbonyl (C=O) groups excluding carboxylic acids is 1. The van der Waals surface area contributed by atoms with E-state index >= 15 is 0 Å². The lowest BCUT2D eigenvalue weighted by molar-refractivity contribution is 0.0976. The number of aromatic nitrogens is 3. The largest absolute Gasteiger partial charge is 0.367 e. The number of benzene rings is 1. The zero-order valence-electron chi connectivity index (χ0n) is 16.6. The highest BCUT2D eigenvalue weighted by Gasteiger charge is 2.24. The summed E-state index contributed by atoms with van der Waals surface area (Å²) in [6.07, 6.45) is 9.71. The standard InChI is InChI=1S/C22H27N5O/c1-26(2)12-3-10-23-21-22-25-15-19(27(22)13-11-24-21)17-6-8-18(9-7-17)20(28)14-16-4-5-16/h6-9,11,13,15-16H,3-5,10,12,14H2,1-2H3,(H,23,24). The summed E-state index contributed by atoms with van der Waals surface area (Å²) in [7, 11) is 4.15. The smallest absolute Gasteiger partial charge is 0.180 e. The van der Waals surface area contributed by atoms with E-state index < -0.39 is 0 Å². The normalized spacial score (nSPS) is 14.0. The van der Waals surface area contributed by atoms with Gasteiger partial charge in [0.05, 0.1) is 11.9 Å². The Morgan fingerprint density at radius 1 is 1.21 bits per heavy atom. The van der Waals surface area contributed by atoms with E-state index in [-0.39, 0.29) is 5.78 Å². The highest BCUT2D eigenvalue weighted by Crippen LogP contribution is 2.33. The summed E-state index contributed by atoms with van der Waals surface area (Å²) < 4.78 is 2.04. The van der Waals surface area contributed by atoms with Crippen LogP contribution in [0.25, 0.3) is 16.9 Å². The van der Waals surface area contributed by atoms with Gasteiger partial charge < -0.3 is 10.2 Å². The number of fused-ring (bicyclic) bond motifs is 1. The van der Waals surface area contributed by atoms with Crippen molar-refractivity contribution in [3.05, 3.63) is 48.4 Å². The lowest BCUT2D eigenvalue weighted by atomic mass is 10.0. The summed E-state index contributed by atoms with van der Waals surface area (Å²) in [6, 6.07) is 7.88. The number of Topliss-reactive ketones (excluding diaryl/α,β-unsaturated/α-hetero) is 1. The minimum Gasteiger partial charge on any atom is -0.367 e. The van der Waals surface area contributed by atoms with E-state index in [1.165, 1.54) is 12.8 Å². The van der Waals surface area contributed by atoms with Crippen molar-refractivity contribution in [2.75, 3.05) is 32.5 Å². The van der Waals surface area contributed by atoms with Crippen LogP contribution < -0.4 is 5.32 Å². The lowest BCUT2D eigenvalue weighted by Gasteiger charge is -2.11. The second kappa shape index (κ2) is 8.10. The van der Waals surface area contributed by atoms with Crippen molar-refractivity contribution in [1.82, 2.24) is 19.3 Å². The number of hydrogen-bond donors (Lipinski definition) is 1. The molecule has 0 radical (unpaired) electrons. The molecule has 2 aromatic heterocycles. The van der Waals surface area contributed by atoms with E-state index in [1.54, 1.807) is 6.20 Å². The maximum atomic E-state index is 12.3. The van der Waals surface area contributed by atoms with Crippen molar-refractivity contribution >= 4 is 17.2 Å². The van der Waals surface area contributed by atoms with Crippen molar-refractivity contribution in [3.8, 4) is 11.3 Å². The molecule has 1 saturated carbocycles. The molecule has 0 saturated heterocycles. The first-order chi connectivity index (χ1) is 13.6. The average Bonchev–Trinajstić information content (AvgIpc) is 3.40. The number of ketones is 1. The van der Waals surface area contributed by atoms with E-state index in [0.717, 1.165) is 47.8 Å². The summed E-state index contributed by atoms with van der Waals surface area (Å²) in [5, 5.41) is 3.39. The Morgan fingerprint density at radius 3 is 2.71 bits per heavy atom. The minimum absolute atomic E-state index is 0.251. The Labute approximate surface area is 165 Å². The van der Waals surface area contributed by atoms with Crippen LogP contribution in [0.1, 0.15) is 36.0 Å². The minimum atomic E-state index is 0.251. The molecule has 0 aliphatic heterocycles. The van der Waals surface area contributed by atoms with Crippen LogP contribution >= 0.6 is 0 Å². The molecule has 4 rings (SSSR count). The molecule has 1 N–H and O–H groups in total. The van der Waals surface area contributed by atoms with Crippen LogP contribution in [0.4, 0.5) is 5.82 Å². The predicted octanol–water partition coefficient (Wildman–Crippen LogP) is 3.74. The second-order valence-electron chi connectivity index (χ2n) is 7.84. The van der Waals surface area contributed by atoms with E-state index in [0.29, 0.717) is 12.3 Å². The summed E-state index contributed by atoms with van der Waals surface area (Å²) in [6.45, 7) is 1.88. The summed E-state index contributed by atoms with van der Waals surface area (Å²) in [5.41, 5.74) is 3.65. The van der Waals surface area contributed by atoms with E-state index in [9.17, 15) is 4.79 Å². The fraction of sp³-hybridized carbons (Fsp3) is 0.409. The number of imidazole rings is 1. The van der Waals surface area contributed by atoms with E-state index in [1.807, 2.05) is 41.1 Å². The Kier molecular flexibility index (Phi) is 5.39. The molecule has 1 aliphatic carbocycles. The first-order valence-electron chi connectivity index (χ1n) is 9.96. The van der Waals surface area contributed by atoms with E-state index in [2.05, 4.69) is 34.3 Å². The highest BCUT2D eigenvalue weighted by atomic mass is 16.1. The Morgan fingerprint density at radius 2 is 2.00 bits per heavy atom. The van der Waals surface area contributed by atoms with Gasteiger partial charge in [-0.15, -0.1) is 0 Å². The molecule has 28 heavy (non-hydrogen) atoms. The maximum absolute atomic E-state index is 12.3. The molecule has 1 aromatic carbocycles. The summed E-state index contributed by atoms with van der Waals surface area (Å²) in [5.74, 6) is 1.66. The molecule has 3 aromatic rings. The van der Waals surface area contributed by atoms with Gasteiger partial charge in [-0.3, -0.25) is 9.20 Å². The van der Waals surface area contributed by atoms with Crippen LogP contribution in [-0.2, 0) is 0 Å². The topological polar surface area (TPSA) is 62.5 Å². The van der Waals surface area contributed by atoms with Gasteiger partial charge >= 0.3 is 0 Å². The van der Waals surface area contributed by atoms with Gasteiger partial charge in [-0.25, -0.2) is 9.97 Å². The fourth-order valence-corrected chi connectivity index (χ4v) is 3.39. The SMILES string of the molecule is CN(C)CCCNc1nccn2c(-c3ccc(C(=O)CC4CC4)cc3)cnc12. The number of hydrogen-bond acceptors (Lipinski definition) is 5. The molecule has 6 heteroatoms. The van der Waals surface area contributed by atoms with Gasteiger partial charge in [-0.1, -0.05) is 24.3 Å². The van der Waals surface area contributed by atoms with Gasteiger partial charge in [0.2, 0.25) is 0 Å². The molecular formula is C22H27N5O. The number of anilines is 1. The number of carbonyl (C=O) groups is 1. The molecule has 0 atom stereocenters. The third kappa shape index (κ3) is 4.22. The number of nitrogens with zero attached hydrogens (tertiary/aromatic N) is 4. The second-order valence-corrected chi connectivity index (χ2v) is 7.84. The van der Waals surface area contributed by atoms with Crippen molar-refractivity contribution in [1.29, 1.82) is 0 Å². The quantitative estimate of drug-likeness (QED) is 0.455. The molecule has 0 amide bonds. The van der Waals surface area contributed by atoms with Gasteiger partial charge in [-0.05, 0) is 45.8 Å². The molecule has 1 fully saturated rings. The highest BCUT2D eigenvalue weighted by molar-refractivity contribution is 5.96.